The minimum absolute atomic E-state index is 0.0381. The highest BCUT2D eigenvalue weighted by Gasteiger charge is 1.96. The van der Waals surface area contributed by atoms with Crippen LogP contribution in [-0.4, -0.2) is 22.4 Å². The van der Waals surface area contributed by atoms with Crippen molar-refractivity contribution in [2.75, 3.05) is 17.6 Å². The van der Waals surface area contributed by atoms with E-state index in [1.165, 1.54) is 12.4 Å². The molecule has 0 radical (unpaired) electrons. The fraction of sp³-hybridized carbons (Fsp3) is 0.167. The zero-order chi connectivity index (χ0) is 8.97. The number of anilines is 2. The second kappa shape index (κ2) is 3.51. The van der Waals surface area contributed by atoms with Crippen molar-refractivity contribution in [3.8, 4) is 0 Å². The van der Waals surface area contributed by atoms with Gasteiger partial charge < -0.3 is 16.8 Å². The molecule has 0 fully saturated rings. The maximum Gasteiger partial charge on any atom is 0.236 e. The van der Waals surface area contributed by atoms with Gasteiger partial charge in [-0.2, -0.15) is 0 Å². The van der Waals surface area contributed by atoms with Gasteiger partial charge in [-0.1, -0.05) is 0 Å². The van der Waals surface area contributed by atoms with E-state index in [1.54, 1.807) is 0 Å². The Kier molecular flexibility index (Phi) is 2.42. The minimum Gasteiger partial charge on any atom is -0.384 e. The number of amides is 1. The third-order valence-electron chi connectivity index (χ3n) is 1.13. The molecule has 0 aliphatic carbocycles. The Balaban J connectivity index is 2.57. The van der Waals surface area contributed by atoms with Gasteiger partial charge in [0.2, 0.25) is 5.91 Å². The summed E-state index contributed by atoms with van der Waals surface area (Å²) < 4.78 is 0. The molecule has 0 aliphatic rings. The van der Waals surface area contributed by atoms with Crippen molar-refractivity contribution >= 4 is 17.5 Å². The Morgan fingerprint density at radius 3 is 2.92 bits per heavy atom. The lowest BCUT2D eigenvalue weighted by atomic mass is 10.5. The fourth-order valence-corrected chi connectivity index (χ4v) is 0.647. The highest BCUT2D eigenvalue weighted by atomic mass is 16.1. The number of primary amides is 1. The van der Waals surface area contributed by atoms with Gasteiger partial charge >= 0.3 is 0 Å². The molecule has 1 amide bonds. The maximum atomic E-state index is 10.3. The number of carbonyl (C=O) groups excluding carboxylic acids is 1. The van der Waals surface area contributed by atoms with E-state index in [-0.39, 0.29) is 6.54 Å². The van der Waals surface area contributed by atoms with Gasteiger partial charge in [0.05, 0.1) is 6.54 Å². The Morgan fingerprint density at radius 1 is 1.58 bits per heavy atom. The number of nitrogens with one attached hydrogen (secondary N) is 1. The van der Waals surface area contributed by atoms with Crippen molar-refractivity contribution in [1.82, 2.24) is 9.97 Å². The first-order valence-electron chi connectivity index (χ1n) is 3.28. The zero-order valence-electron chi connectivity index (χ0n) is 6.32. The van der Waals surface area contributed by atoms with Crippen molar-refractivity contribution in [1.29, 1.82) is 0 Å². The van der Waals surface area contributed by atoms with E-state index < -0.39 is 5.91 Å². The summed E-state index contributed by atoms with van der Waals surface area (Å²) in [5.74, 6) is 0.380. The van der Waals surface area contributed by atoms with Crippen LogP contribution in [0.1, 0.15) is 0 Å². The summed E-state index contributed by atoms with van der Waals surface area (Å²) in [5.41, 5.74) is 10.3. The predicted molar refractivity (Wildman–Crippen MR) is 44.1 cm³/mol. The van der Waals surface area contributed by atoms with Crippen LogP contribution >= 0.6 is 0 Å². The molecule has 0 atom stereocenters. The number of rotatable bonds is 3. The van der Waals surface area contributed by atoms with Crippen LogP contribution in [0.15, 0.2) is 12.4 Å². The first-order chi connectivity index (χ1) is 5.68. The van der Waals surface area contributed by atoms with E-state index in [2.05, 4.69) is 15.3 Å². The largest absolute Gasteiger partial charge is 0.384 e. The highest BCUT2D eigenvalue weighted by Crippen LogP contribution is 2.03. The van der Waals surface area contributed by atoms with Crippen LogP contribution in [0.4, 0.5) is 11.6 Å². The number of nitrogen functional groups attached to an aromatic ring is 1. The summed E-state index contributed by atoms with van der Waals surface area (Å²) in [6.45, 7) is 0.0381. The molecule has 0 saturated carbocycles. The van der Waals surface area contributed by atoms with Gasteiger partial charge in [0, 0.05) is 6.07 Å². The van der Waals surface area contributed by atoms with E-state index in [1.807, 2.05) is 0 Å². The van der Waals surface area contributed by atoms with Crippen LogP contribution in [0.2, 0.25) is 0 Å². The average Bonchev–Trinajstić information content (AvgIpc) is 2.01. The van der Waals surface area contributed by atoms with Crippen molar-refractivity contribution in [2.24, 2.45) is 5.73 Å². The number of nitrogens with zero attached hydrogens (tertiary/aromatic N) is 2. The molecule has 64 valence electrons. The molecule has 0 bridgehead atoms. The summed E-state index contributed by atoms with van der Waals surface area (Å²) >= 11 is 0. The van der Waals surface area contributed by atoms with Gasteiger partial charge in [-0.15, -0.1) is 0 Å². The summed E-state index contributed by atoms with van der Waals surface area (Å²) in [4.78, 5) is 17.8. The third kappa shape index (κ3) is 2.41. The number of nitrogens with two attached hydrogens (primary N) is 2. The lowest BCUT2D eigenvalue weighted by molar-refractivity contribution is -0.116. The van der Waals surface area contributed by atoms with Crippen molar-refractivity contribution in [2.45, 2.75) is 0 Å². The molecule has 5 N–H and O–H groups in total. The molecule has 6 nitrogen and oxygen atoms in total. The summed E-state index contributed by atoms with van der Waals surface area (Å²) in [6.07, 6.45) is 1.30. The average molecular weight is 167 g/mol. The Hall–Kier alpha value is -1.85. The van der Waals surface area contributed by atoms with Gasteiger partial charge in [-0.25, -0.2) is 9.97 Å². The first kappa shape index (κ1) is 8.25. The summed E-state index contributed by atoms with van der Waals surface area (Å²) in [5, 5.41) is 2.68. The lowest BCUT2D eigenvalue weighted by Gasteiger charge is -2.01. The molecular weight excluding hydrogens is 158 g/mol. The molecule has 0 saturated heterocycles. The number of aromatic nitrogens is 2. The van der Waals surface area contributed by atoms with E-state index in [0.717, 1.165) is 0 Å². The number of carbonyl (C=O) groups is 1. The van der Waals surface area contributed by atoms with Gasteiger partial charge in [0.1, 0.15) is 18.0 Å². The first-order valence-corrected chi connectivity index (χ1v) is 3.28. The van der Waals surface area contributed by atoms with Gasteiger partial charge in [-0.05, 0) is 0 Å². The topological polar surface area (TPSA) is 107 Å². The highest BCUT2D eigenvalue weighted by molar-refractivity contribution is 5.78. The summed E-state index contributed by atoms with van der Waals surface area (Å²) in [7, 11) is 0. The standard InChI is InChI=1S/C6H9N5O/c7-4-1-6(11-3-10-4)9-2-5(8)12/h1,3H,2H2,(H2,8,12)(H3,7,9,10,11). The molecule has 1 aromatic heterocycles. The van der Waals surface area contributed by atoms with Gasteiger partial charge in [-0.3, -0.25) is 4.79 Å². The molecule has 0 unspecified atom stereocenters. The van der Waals surface area contributed by atoms with Crippen molar-refractivity contribution in [3.63, 3.8) is 0 Å². The second-order valence-electron chi connectivity index (χ2n) is 2.15. The van der Waals surface area contributed by atoms with Crippen molar-refractivity contribution < 1.29 is 4.79 Å². The van der Waals surface area contributed by atoms with Crippen LogP contribution in [0, 0.1) is 0 Å². The SMILES string of the molecule is NC(=O)CNc1cc(N)ncn1. The normalized spacial score (nSPS) is 9.33. The van der Waals surface area contributed by atoms with E-state index in [0.29, 0.717) is 11.6 Å². The fourth-order valence-electron chi connectivity index (χ4n) is 0.647. The Morgan fingerprint density at radius 2 is 2.33 bits per heavy atom. The molecule has 1 rings (SSSR count). The Bertz CT molecular complexity index is 287. The number of hydrogen-bond donors (Lipinski definition) is 3. The molecule has 1 aromatic rings. The van der Waals surface area contributed by atoms with Crippen LogP contribution in [0.3, 0.4) is 0 Å². The second-order valence-corrected chi connectivity index (χ2v) is 2.15. The third-order valence-corrected chi connectivity index (χ3v) is 1.13. The zero-order valence-corrected chi connectivity index (χ0v) is 6.32. The molecule has 1 heterocycles. The molecule has 6 heteroatoms. The molecule has 0 aromatic carbocycles. The minimum atomic E-state index is -0.452. The summed E-state index contributed by atoms with van der Waals surface area (Å²) in [6, 6.07) is 1.52. The molecule has 0 aliphatic heterocycles. The van der Waals surface area contributed by atoms with Gasteiger partial charge in [0.15, 0.2) is 0 Å². The Labute approximate surface area is 69.0 Å². The van der Waals surface area contributed by atoms with Crippen LogP contribution in [0.25, 0.3) is 0 Å². The van der Waals surface area contributed by atoms with Gasteiger partial charge in [0.25, 0.3) is 0 Å². The quantitative estimate of drug-likeness (QED) is 0.532. The van der Waals surface area contributed by atoms with Crippen molar-refractivity contribution in [3.05, 3.63) is 12.4 Å². The molecule has 12 heavy (non-hydrogen) atoms. The van der Waals surface area contributed by atoms with Crippen LogP contribution in [-0.2, 0) is 4.79 Å². The van der Waals surface area contributed by atoms with E-state index >= 15 is 0 Å². The molecular formula is C6H9N5O. The lowest BCUT2D eigenvalue weighted by Crippen LogP contribution is -2.22. The van der Waals surface area contributed by atoms with Crippen LogP contribution in [0.5, 0.6) is 0 Å². The predicted octanol–water partition coefficient (Wildman–Crippen LogP) is -1.04. The smallest absolute Gasteiger partial charge is 0.236 e. The number of hydrogen-bond acceptors (Lipinski definition) is 5. The van der Waals surface area contributed by atoms with E-state index in [4.69, 9.17) is 11.5 Å². The van der Waals surface area contributed by atoms with Crippen LogP contribution < -0.4 is 16.8 Å². The monoisotopic (exact) mass is 167 g/mol. The molecule has 0 spiro atoms. The maximum absolute atomic E-state index is 10.3. The van der Waals surface area contributed by atoms with E-state index in [9.17, 15) is 4.79 Å².